The summed E-state index contributed by atoms with van der Waals surface area (Å²) in [4.78, 5) is 18.6. The van der Waals surface area contributed by atoms with Gasteiger partial charge in [0.1, 0.15) is 11.9 Å². The number of para-hydroxylation sites is 2. The number of nitrogens with zero attached hydrogens (tertiary/aromatic N) is 2. The first-order chi connectivity index (χ1) is 17.2. The van der Waals surface area contributed by atoms with Crippen molar-refractivity contribution in [2.24, 2.45) is 0 Å². The van der Waals surface area contributed by atoms with Crippen LogP contribution in [0.5, 0.6) is 5.75 Å². The van der Waals surface area contributed by atoms with Crippen LogP contribution in [0.15, 0.2) is 72.1 Å². The van der Waals surface area contributed by atoms with Crippen LogP contribution in [0.4, 0.5) is 5.69 Å². The maximum Gasteiger partial charge on any atom is 0.226 e. The van der Waals surface area contributed by atoms with Crippen molar-refractivity contribution in [3.63, 3.8) is 0 Å². The Balaban J connectivity index is 1.41. The Bertz CT molecular complexity index is 1030. The van der Waals surface area contributed by atoms with Crippen LogP contribution in [-0.4, -0.2) is 43.5 Å². The fourth-order valence-electron chi connectivity index (χ4n) is 4.81. The second-order valence-electron chi connectivity index (χ2n) is 9.08. The lowest BCUT2D eigenvalue weighted by Gasteiger charge is -2.38. The van der Waals surface area contributed by atoms with E-state index in [1.54, 1.807) is 11.3 Å². The number of piperidine rings is 1. The highest BCUT2D eigenvalue weighted by atomic mass is 32.1. The monoisotopic (exact) mass is 491 g/mol. The molecule has 2 aromatic carbocycles. The third kappa shape index (κ3) is 6.72. The molecule has 4 rings (SSSR count). The minimum Gasteiger partial charge on any atom is -0.485 e. The number of carbonyl (C=O) groups excluding carboxylic acids is 1. The molecule has 1 atom stereocenters. The molecule has 186 valence electrons. The number of rotatable bonds is 11. The van der Waals surface area contributed by atoms with E-state index in [9.17, 15) is 4.79 Å². The van der Waals surface area contributed by atoms with Crippen molar-refractivity contribution in [3.8, 4) is 5.75 Å². The second-order valence-corrected chi connectivity index (χ2v) is 10.1. The molecule has 1 aliphatic rings. The molecular weight excluding hydrogens is 454 g/mol. The van der Waals surface area contributed by atoms with Crippen LogP contribution in [0.3, 0.4) is 0 Å². The fraction of sp³-hybridized carbons (Fsp3) is 0.414. The topological polar surface area (TPSA) is 44.8 Å². The van der Waals surface area contributed by atoms with Crippen LogP contribution in [0, 0.1) is 0 Å². The van der Waals surface area contributed by atoms with Gasteiger partial charge in [-0.1, -0.05) is 49.4 Å². The first-order valence-corrected chi connectivity index (χ1v) is 13.6. The molecule has 0 spiro atoms. The van der Waals surface area contributed by atoms with Gasteiger partial charge in [0.2, 0.25) is 5.91 Å². The summed E-state index contributed by atoms with van der Waals surface area (Å²) in [6.07, 6.45) is 3.46. The molecule has 35 heavy (non-hydrogen) atoms. The number of hydrogen-bond acceptors (Lipinski definition) is 5. The van der Waals surface area contributed by atoms with Crippen LogP contribution in [0.2, 0.25) is 0 Å². The zero-order valence-electron chi connectivity index (χ0n) is 20.9. The predicted octanol–water partition coefficient (Wildman–Crippen LogP) is 5.89. The smallest absolute Gasteiger partial charge is 0.226 e. The lowest BCUT2D eigenvalue weighted by Crippen LogP contribution is -2.47. The average Bonchev–Trinajstić information content (AvgIpc) is 3.44. The molecule has 2 heterocycles. The molecule has 6 heteroatoms. The molecule has 1 saturated heterocycles. The van der Waals surface area contributed by atoms with E-state index < -0.39 is 0 Å². The van der Waals surface area contributed by atoms with E-state index >= 15 is 0 Å². The highest BCUT2D eigenvalue weighted by Gasteiger charge is 2.28. The van der Waals surface area contributed by atoms with Crippen LogP contribution in [0.25, 0.3) is 0 Å². The second kappa shape index (κ2) is 12.9. The van der Waals surface area contributed by atoms with E-state index in [-0.39, 0.29) is 18.1 Å². The van der Waals surface area contributed by atoms with Crippen molar-refractivity contribution in [3.05, 3.63) is 82.6 Å². The molecule has 1 fully saturated rings. The Morgan fingerprint density at radius 2 is 1.83 bits per heavy atom. The summed E-state index contributed by atoms with van der Waals surface area (Å²) in [5.41, 5.74) is 2.24. The third-order valence-corrected chi connectivity index (χ3v) is 7.64. The van der Waals surface area contributed by atoms with Crippen molar-refractivity contribution >= 4 is 22.9 Å². The van der Waals surface area contributed by atoms with E-state index in [0.29, 0.717) is 6.42 Å². The average molecular weight is 492 g/mol. The number of nitrogens with one attached hydrogen (secondary N) is 1. The molecule has 1 N–H and O–H groups in total. The molecule has 0 radical (unpaired) electrons. The Morgan fingerprint density at radius 3 is 2.51 bits per heavy atom. The maximum absolute atomic E-state index is 12.8. The molecule has 5 nitrogen and oxygen atoms in total. The van der Waals surface area contributed by atoms with Gasteiger partial charge in [0.15, 0.2) is 0 Å². The van der Waals surface area contributed by atoms with Crippen LogP contribution in [-0.2, 0) is 11.3 Å². The molecule has 3 aromatic rings. The van der Waals surface area contributed by atoms with Crippen molar-refractivity contribution in [2.45, 2.75) is 51.3 Å². The molecule has 0 aliphatic carbocycles. The van der Waals surface area contributed by atoms with Crippen LogP contribution >= 0.6 is 11.3 Å². The summed E-state index contributed by atoms with van der Waals surface area (Å²) in [6.45, 7) is 5.65. The minimum absolute atomic E-state index is 0.0498. The Labute approximate surface area is 213 Å². The molecule has 1 aromatic heterocycles. The standard InChI is InChI=1S/C29H37N3O2S/c1-3-29(33)32(24-11-5-4-6-12-24)25-16-19-31(20-17-25)22-23-10-7-8-13-26(23)34-27(15-18-30-2)28-14-9-21-35-28/h4-14,21,25,27,30H,3,15-20,22H2,1-2H3. The summed E-state index contributed by atoms with van der Waals surface area (Å²) in [6, 6.07) is 23.1. The first kappa shape index (κ1) is 25.4. The summed E-state index contributed by atoms with van der Waals surface area (Å²) in [7, 11) is 1.98. The van der Waals surface area contributed by atoms with Gasteiger partial charge in [0.25, 0.3) is 0 Å². The summed E-state index contributed by atoms with van der Waals surface area (Å²) in [5.74, 6) is 1.17. The van der Waals surface area contributed by atoms with Gasteiger partial charge in [-0.25, -0.2) is 0 Å². The molecule has 0 saturated carbocycles. The predicted molar refractivity (Wildman–Crippen MR) is 145 cm³/mol. The van der Waals surface area contributed by atoms with Crippen LogP contribution in [0.1, 0.15) is 49.2 Å². The van der Waals surface area contributed by atoms with Crippen molar-refractivity contribution in [1.82, 2.24) is 10.2 Å². The number of likely N-dealkylation sites (tertiary alicyclic amines) is 1. The zero-order chi connectivity index (χ0) is 24.5. The largest absolute Gasteiger partial charge is 0.485 e. The lowest BCUT2D eigenvalue weighted by molar-refractivity contribution is -0.119. The Hall–Kier alpha value is -2.67. The van der Waals surface area contributed by atoms with Crippen molar-refractivity contribution in [1.29, 1.82) is 0 Å². The molecule has 0 bridgehead atoms. The van der Waals surface area contributed by atoms with E-state index in [1.807, 2.05) is 49.2 Å². The minimum atomic E-state index is 0.0498. The normalized spacial score (nSPS) is 15.6. The molecule has 1 aliphatic heterocycles. The summed E-state index contributed by atoms with van der Waals surface area (Å²) in [5, 5.41) is 5.37. The van der Waals surface area contributed by atoms with Gasteiger partial charge in [-0.15, -0.1) is 11.3 Å². The van der Waals surface area contributed by atoms with E-state index in [1.165, 1.54) is 10.4 Å². The van der Waals surface area contributed by atoms with Gasteiger partial charge in [-0.05, 0) is 56.1 Å². The SMILES string of the molecule is CCC(=O)N(c1ccccc1)C1CCN(Cc2ccccc2OC(CCNC)c2cccs2)CC1. The van der Waals surface area contributed by atoms with Gasteiger partial charge in [-0.3, -0.25) is 9.69 Å². The van der Waals surface area contributed by atoms with Gasteiger partial charge in [0.05, 0.1) is 0 Å². The zero-order valence-corrected chi connectivity index (χ0v) is 21.7. The number of carbonyl (C=O) groups is 1. The van der Waals surface area contributed by atoms with Gasteiger partial charge in [-0.2, -0.15) is 0 Å². The molecule has 1 unspecified atom stereocenters. The number of hydrogen-bond donors (Lipinski definition) is 1. The quantitative estimate of drug-likeness (QED) is 0.364. The van der Waals surface area contributed by atoms with E-state index in [4.69, 9.17) is 4.74 Å². The van der Waals surface area contributed by atoms with Crippen LogP contribution < -0.4 is 15.0 Å². The third-order valence-electron chi connectivity index (χ3n) is 6.68. The van der Waals surface area contributed by atoms with Crippen molar-refractivity contribution < 1.29 is 9.53 Å². The highest BCUT2D eigenvalue weighted by Crippen LogP contribution is 2.32. The number of benzene rings is 2. The van der Waals surface area contributed by atoms with E-state index in [0.717, 1.165) is 56.9 Å². The Kier molecular flexibility index (Phi) is 9.35. The summed E-state index contributed by atoms with van der Waals surface area (Å²) < 4.78 is 6.59. The number of thiophene rings is 1. The highest BCUT2D eigenvalue weighted by molar-refractivity contribution is 7.10. The van der Waals surface area contributed by atoms with Crippen molar-refractivity contribution in [2.75, 3.05) is 31.6 Å². The summed E-state index contributed by atoms with van der Waals surface area (Å²) >= 11 is 1.75. The number of amides is 1. The first-order valence-electron chi connectivity index (χ1n) is 12.7. The number of anilines is 1. The lowest BCUT2D eigenvalue weighted by atomic mass is 10.0. The molecular formula is C29H37N3O2S. The van der Waals surface area contributed by atoms with Gasteiger partial charge < -0.3 is 15.0 Å². The number of ether oxygens (including phenoxy) is 1. The van der Waals surface area contributed by atoms with E-state index in [2.05, 4.69) is 52.0 Å². The van der Waals surface area contributed by atoms with Gasteiger partial charge >= 0.3 is 0 Å². The maximum atomic E-state index is 12.8. The Morgan fingerprint density at radius 1 is 1.09 bits per heavy atom. The van der Waals surface area contributed by atoms with Gasteiger partial charge in [0, 0.05) is 54.6 Å². The fourth-order valence-corrected chi connectivity index (χ4v) is 5.59. The molecule has 1 amide bonds.